The number of para-hydroxylation sites is 1. The van der Waals surface area contributed by atoms with Gasteiger partial charge in [0.2, 0.25) is 0 Å². The van der Waals surface area contributed by atoms with E-state index in [2.05, 4.69) is 134 Å². The van der Waals surface area contributed by atoms with E-state index in [1.54, 1.807) is 18.4 Å². The minimum atomic E-state index is 0.889. The molecule has 246 valence electrons. The van der Waals surface area contributed by atoms with Gasteiger partial charge in [0.15, 0.2) is 0 Å². The molecule has 4 aromatic carbocycles. The van der Waals surface area contributed by atoms with Crippen LogP contribution in [0.2, 0.25) is 0 Å². The number of nitrogens with one attached hydrogen (secondary N) is 3. The van der Waals surface area contributed by atoms with E-state index in [9.17, 15) is 0 Å². The number of aliphatic imine (C=N–C) groups is 1. The number of hydrazine groups is 3. The highest BCUT2D eigenvalue weighted by molar-refractivity contribution is 5.99. The highest BCUT2D eigenvalue weighted by Crippen LogP contribution is 2.36. The molecule has 0 fully saturated rings. The zero-order valence-corrected chi connectivity index (χ0v) is 28.0. The van der Waals surface area contributed by atoms with Crippen LogP contribution in [0.3, 0.4) is 0 Å². The van der Waals surface area contributed by atoms with Gasteiger partial charge in [-0.25, -0.2) is 0 Å². The summed E-state index contributed by atoms with van der Waals surface area (Å²) in [6.07, 6.45) is 17.3. The molecule has 6 heteroatoms. The number of aryl methyl sites for hydroxylation is 1. The Hall–Kier alpha value is -5.63. The van der Waals surface area contributed by atoms with Gasteiger partial charge in [0.1, 0.15) is 0 Å². The molecule has 0 radical (unpaired) electrons. The van der Waals surface area contributed by atoms with Crippen LogP contribution in [0.25, 0.3) is 22.4 Å². The summed E-state index contributed by atoms with van der Waals surface area (Å²) in [6, 6.07) is 37.7. The van der Waals surface area contributed by atoms with E-state index in [0.717, 1.165) is 23.4 Å². The quantitative estimate of drug-likeness (QED) is 0.0791. The third-order valence-electron chi connectivity index (χ3n) is 6.67. The van der Waals surface area contributed by atoms with Crippen molar-refractivity contribution in [1.82, 2.24) is 11.1 Å². The molecule has 4 aromatic rings. The maximum atomic E-state index is 4.54. The van der Waals surface area contributed by atoms with Crippen molar-refractivity contribution < 1.29 is 0 Å². The van der Waals surface area contributed by atoms with Crippen LogP contribution in [-0.2, 0) is 0 Å². The van der Waals surface area contributed by atoms with Crippen LogP contribution in [0.5, 0.6) is 0 Å². The number of fused-ring (bicyclic) bond motifs is 1. The minimum absolute atomic E-state index is 0.889. The Kier molecular flexibility index (Phi) is 19.0. The van der Waals surface area contributed by atoms with Gasteiger partial charge < -0.3 is 5.32 Å². The van der Waals surface area contributed by atoms with Crippen molar-refractivity contribution in [2.45, 2.75) is 13.8 Å². The van der Waals surface area contributed by atoms with E-state index in [4.69, 9.17) is 0 Å². The number of nitrogens with zero attached hydrogens (tertiary/aromatic N) is 1. The highest BCUT2D eigenvalue weighted by Gasteiger charge is 2.17. The van der Waals surface area contributed by atoms with Gasteiger partial charge in [-0.05, 0) is 54.3 Å². The van der Waals surface area contributed by atoms with Crippen molar-refractivity contribution in [2.75, 3.05) is 11.9 Å². The van der Waals surface area contributed by atoms with Crippen molar-refractivity contribution in [1.29, 1.82) is 0 Å². The zero-order chi connectivity index (χ0) is 34.8. The third kappa shape index (κ3) is 14.6. The van der Waals surface area contributed by atoms with Crippen LogP contribution in [0.1, 0.15) is 23.6 Å². The number of anilines is 1. The first kappa shape index (κ1) is 38.6. The average molecular weight is 637 g/mol. The second kappa shape index (κ2) is 23.7. The molecule has 0 saturated carbocycles. The van der Waals surface area contributed by atoms with E-state index in [0.29, 0.717) is 0 Å². The molecule has 0 saturated heterocycles. The van der Waals surface area contributed by atoms with Gasteiger partial charge in [-0.2, -0.15) is 11.1 Å². The van der Waals surface area contributed by atoms with Gasteiger partial charge in [0.05, 0.1) is 6.54 Å². The molecule has 0 atom stereocenters. The van der Waals surface area contributed by atoms with Gasteiger partial charge in [-0.3, -0.25) is 16.7 Å². The Morgan fingerprint density at radius 1 is 0.750 bits per heavy atom. The number of hydrogen-bond acceptors (Lipinski definition) is 6. The van der Waals surface area contributed by atoms with E-state index in [1.807, 2.05) is 78.7 Å². The molecule has 48 heavy (non-hydrogen) atoms. The Balaban J connectivity index is 0.000000281. The topological polar surface area (TPSA) is 100 Å². The van der Waals surface area contributed by atoms with Crippen molar-refractivity contribution in [3.05, 3.63) is 200 Å². The first-order chi connectivity index (χ1) is 23.5. The van der Waals surface area contributed by atoms with Gasteiger partial charge in [-0.1, -0.05) is 170 Å². The maximum Gasteiger partial charge on any atom is 0.0573 e. The number of hydrogen-bond donors (Lipinski definition) is 5. The minimum Gasteiger partial charge on any atom is -0.354 e. The van der Waals surface area contributed by atoms with E-state index >= 15 is 0 Å². The van der Waals surface area contributed by atoms with E-state index in [1.165, 1.54) is 33.5 Å². The molecular formula is C42H48N6. The number of rotatable bonds is 7. The third-order valence-corrected chi connectivity index (χ3v) is 6.67. The Bertz CT molecular complexity index is 1670. The molecule has 2 aliphatic heterocycles. The van der Waals surface area contributed by atoms with Crippen LogP contribution in [0, 0.1) is 6.92 Å². The summed E-state index contributed by atoms with van der Waals surface area (Å²) in [7, 11) is 0. The first-order valence-corrected chi connectivity index (χ1v) is 15.5. The fourth-order valence-corrected chi connectivity index (χ4v) is 4.18. The Labute approximate surface area is 286 Å². The smallest absolute Gasteiger partial charge is 0.0573 e. The molecule has 0 bridgehead atoms. The fourth-order valence-electron chi connectivity index (χ4n) is 4.18. The summed E-state index contributed by atoms with van der Waals surface area (Å²) in [4.78, 5) is 3.85. The van der Waals surface area contributed by atoms with Gasteiger partial charge >= 0.3 is 0 Å². The molecule has 6 rings (SSSR count). The summed E-state index contributed by atoms with van der Waals surface area (Å²) in [5.74, 6) is 9.08. The van der Waals surface area contributed by atoms with E-state index < -0.39 is 0 Å². The summed E-state index contributed by atoms with van der Waals surface area (Å²) in [5.41, 5.74) is 14.8. The molecule has 2 aliphatic rings. The van der Waals surface area contributed by atoms with Crippen LogP contribution >= 0.6 is 0 Å². The van der Waals surface area contributed by atoms with Gasteiger partial charge in [0, 0.05) is 23.2 Å². The first-order valence-electron chi connectivity index (χ1n) is 15.5. The summed E-state index contributed by atoms with van der Waals surface area (Å²) in [5, 5.41) is 3.41. The fraction of sp³-hybridized carbons (Fsp3) is 0.0714. The van der Waals surface area contributed by atoms with Crippen LogP contribution in [0.4, 0.5) is 5.69 Å². The number of allylic oxidation sites excluding steroid dienone is 9. The molecule has 2 heterocycles. The summed E-state index contributed by atoms with van der Waals surface area (Å²) < 4.78 is 0. The predicted molar refractivity (Wildman–Crippen MR) is 211 cm³/mol. The van der Waals surface area contributed by atoms with Crippen molar-refractivity contribution in [2.24, 2.45) is 16.7 Å². The Morgan fingerprint density at radius 2 is 1.33 bits per heavy atom. The van der Waals surface area contributed by atoms with Crippen molar-refractivity contribution in [3.63, 3.8) is 0 Å². The second-order valence-electron chi connectivity index (χ2n) is 10.3. The maximum absolute atomic E-state index is 4.54. The lowest BCUT2D eigenvalue weighted by molar-refractivity contribution is 0.579. The lowest BCUT2D eigenvalue weighted by Gasteiger charge is -2.25. The van der Waals surface area contributed by atoms with E-state index in [-0.39, 0.29) is 0 Å². The van der Waals surface area contributed by atoms with Crippen LogP contribution in [0.15, 0.2) is 188 Å². The average Bonchev–Trinajstić information content (AvgIpc) is 3.73. The summed E-state index contributed by atoms with van der Waals surface area (Å²) in [6.45, 7) is 15.9. The van der Waals surface area contributed by atoms with Crippen molar-refractivity contribution in [3.8, 4) is 11.1 Å². The largest absolute Gasteiger partial charge is 0.354 e. The van der Waals surface area contributed by atoms with Crippen LogP contribution in [-0.4, -0.2) is 12.8 Å². The highest BCUT2D eigenvalue weighted by atomic mass is 15.6. The molecule has 0 unspecified atom stereocenters. The SMILES string of the molecule is C1=CCN=C1.C=C/C=C(/C)C=C.C=C/C=C(\C=C1/Nc2ccccc21)c1ccc(-c2ccccc2)cc1.Cc1ccccc1.NNNN. The van der Waals surface area contributed by atoms with Gasteiger partial charge in [-0.15, -0.1) is 0 Å². The standard InChI is InChI=1S/C24H19N.C7H8.C7H10.C4H5N.H6N4/c1-2-8-21(17-24-22-11-6-7-12-23(22)25-24)20-15-13-19(14-16-20)18-9-4-3-5-10-18;1-7-5-3-2-4-6-7;1-4-6-7(3)5-2;1-2-4-5-3-1;1-3-4-2/h2-17,25H,1H2;2-6H,1H3;4-6H,1-2H2,3H3;1-3H,4H2;3-4H,1-2H2/b21-8+,24-17-;;7-6-;;. The number of nitrogens with two attached hydrogens (primary N) is 2. The molecule has 0 aromatic heterocycles. The monoisotopic (exact) mass is 636 g/mol. The molecule has 0 spiro atoms. The molecule has 7 N–H and O–H groups in total. The summed E-state index contributed by atoms with van der Waals surface area (Å²) >= 11 is 0. The lowest BCUT2D eigenvalue weighted by Crippen LogP contribution is -2.42. The van der Waals surface area contributed by atoms with Crippen molar-refractivity contribution >= 4 is 23.2 Å². The Morgan fingerprint density at radius 3 is 1.77 bits per heavy atom. The normalized spacial score (nSPS) is 12.8. The number of benzene rings is 4. The van der Waals surface area contributed by atoms with Gasteiger partial charge in [0.25, 0.3) is 0 Å². The molecular weight excluding hydrogens is 589 g/mol. The molecule has 0 aliphatic carbocycles. The molecule has 6 nitrogen and oxygen atoms in total. The molecule has 0 amide bonds. The zero-order valence-electron chi connectivity index (χ0n) is 28.0. The second-order valence-corrected chi connectivity index (χ2v) is 10.3. The predicted octanol–water partition coefficient (Wildman–Crippen LogP) is 9.14. The van der Waals surface area contributed by atoms with Crippen LogP contribution < -0.4 is 28.1 Å². The lowest BCUT2D eigenvalue weighted by atomic mass is 9.95.